The molecule has 1 heterocycles. The van der Waals surface area contributed by atoms with Crippen LogP contribution < -0.4 is 5.73 Å². The Hall–Kier alpha value is -2.21. The number of oxazole rings is 1. The van der Waals surface area contributed by atoms with Crippen molar-refractivity contribution >= 4 is 23.1 Å². The molecule has 0 bridgehead atoms. The number of aryl methyl sites for hydroxylation is 1. The second kappa shape index (κ2) is 5.83. The first kappa shape index (κ1) is 14.2. The van der Waals surface area contributed by atoms with Crippen molar-refractivity contribution in [3.05, 3.63) is 53.2 Å². The van der Waals surface area contributed by atoms with Crippen LogP contribution in [0.2, 0.25) is 0 Å². The number of hydrogen-bond donors (Lipinski definition) is 1. The summed E-state index contributed by atoms with van der Waals surface area (Å²) in [5.74, 6) is 0.0544. The van der Waals surface area contributed by atoms with E-state index in [0.717, 1.165) is 11.1 Å². The van der Waals surface area contributed by atoms with Gasteiger partial charge in [0.15, 0.2) is 6.39 Å². The number of amides is 1. The van der Waals surface area contributed by atoms with Gasteiger partial charge in [-0.1, -0.05) is 30.4 Å². The molecule has 0 aliphatic rings. The number of nitrogens with zero attached hydrogens (tertiary/aromatic N) is 2. The van der Waals surface area contributed by atoms with Crippen LogP contribution in [0.25, 0.3) is 0 Å². The van der Waals surface area contributed by atoms with Gasteiger partial charge in [0.1, 0.15) is 4.99 Å². The van der Waals surface area contributed by atoms with Crippen LogP contribution in [-0.4, -0.2) is 27.8 Å². The van der Waals surface area contributed by atoms with Crippen molar-refractivity contribution in [3.8, 4) is 0 Å². The summed E-state index contributed by atoms with van der Waals surface area (Å²) in [5, 5.41) is 0. The molecule has 1 amide bonds. The zero-order chi connectivity index (χ0) is 14.7. The van der Waals surface area contributed by atoms with Gasteiger partial charge in [0.05, 0.1) is 5.69 Å². The number of benzene rings is 1. The molecule has 1 aromatic heterocycles. The number of carbonyl (C=O) groups excluding carboxylic acids is 1. The SMILES string of the molecule is Cc1ncoc1C(=O)N(C)Cc1cccc(C(N)=S)c1. The lowest BCUT2D eigenvalue weighted by Gasteiger charge is -2.16. The van der Waals surface area contributed by atoms with Crippen LogP contribution in [0.4, 0.5) is 0 Å². The minimum atomic E-state index is -0.208. The number of aromatic nitrogens is 1. The molecular weight excluding hydrogens is 274 g/mol. The predicted octanol–water partition coefficient (Wildman–Crippen LogP) is 1.89. The molecule has 20 heavy (non-hydrogen) atoms. The van der Waals surface area contributed by atoms with Crippen molar-refractivity contribution in [1.82, 2.24) is 9.88 Å². The molecule has 0 atom stereocenters. The van der Waals surface area contributed by atoms with Gasteiger partial charge in [-0.25, -0.2) is 4.98 Å². The van der Waals surface area contributed by atoms with Gasteiger partial charge in [0, 0.05) is 19.2 Å². The van der Waals surface area contributed by atoms with E-state index in [1.807, 2.05) is 24.3 Å². The van der Waals surface area contributed by atoms with Gasteiger partial charge < -0.3 is 15.1 Å². The summed E-state index contributed by atoms with van der Waals surface area (Å²) in [5.41, 5.74) is 7.91. The highest BCUT2D eigenvalue weighted by Crippen LogP contribution is 2.12. The number of carbonyl (C=O) groups is 1. The summed E-state index contributed by atoms with van der Waals surface area (Å²) in [6, 6.07) is 7.49. The van der Waals surface area contributed by atoms with E-state index in [9.17, 15) is 4.79 Å². The smallest absolute Gasteiger partial charge is 0.291 e. The normalized spacial score (nSPS) is 10.3. The maximum absolute atomic E-state index is 12.2. The highest BCUT2D eigenvalue weighted by Gasteiger charge is 2.18. The summed E-state index contributed by atoms with van der Waals surface area (Å²) in [6.07, 6.45) is 1.27. The van der Waals surface area contributed by atoms with E-state index in [0.29, 0.717) is 17.2 Å². The average molecular weight is 289 g/mol. The summed E-state index contributed by atoms with van der Waals surface area (Å²) in [6.45, 7) is 2.17. The van der Waals surface area contributed by atoms with Crippen molar-refractivity contribution < 1.29 is 9.21 Å². The van der Waals surface area contributed by atoms with Crippen LogP contribution >= 0.6 is 12.2 Å². The lowest BCUT2D eigenvalue weighted by Crippen LogP contribution is -2.26. The molecule has 0 saturated carbocycles. The van der Waals surface area contributed by atoms with E-state index in [-0.39, 0.29) is 11.7 Å². The van der Waals surface area contributed by atoms with Crippen LogP contribution in [0.5, 0.6) is 0 Å². The molecule has 6 heteroatoms. The molecule has 2 N–H and O–H groups in total. The van der Waals surface area contributed by atoms with E-state index >= 15 is 0 Å². The fraction of sp³-hybridized carbons (Fsp3) is 0.214. The van der Waals surface area contributed by atoms with Crippen LogP contribution in [0.15, 0.2) is 35.1 Å². The Morgan fingerprint density at radius 2 is 2.25 bits per heavy atom. The van der Waals surface area contributed by atoms with Crippen LogP contribution in [0.3, 0.4) is 0 Å². The zero-order valence-corrected chi connectivity index (χ0v) is 12.1. The third-order valence-corrected chi connectivity index (χ3v) is 3.15. The fourth-order valence-corrected chi connectivity index (χ4v) is 1.98. The Kier molecular flexibility index (Phi) is 4.14. The summed E-state index contributed by atoms with van der Waals surface area (Å²) in [7, 11) is 1.71. The molecule has 0 spiro atoms. The molecule has 0 unspecified atom stereocenters. The highest BCUT2D eigenvalue weighted by molar-refractivity contribution is 7.80. The van der Waals surface area contributed by atoms with Crippen LogP contribution in [-0.2, 0) is 6.54 Å². The summed E-state index contributed by atoms with van der Waals surface area (Å²) in [4.78, 5) is 18.0. The van der Waals surface area contributed by atoms with Gasteiger partial charge in [0.25, 0.3) is 5.91 Å². The van der Waals surface area contributed by atoms with E-state index in [1.54, 1.807) is 18.9 Å². The topological polar surface area (TPSA) is 72.4 Å². The standard InChI is InChI=1S/C14H15N3O2S/c1-9-12(19-8-16-9)14(18)17(2)7-10-4-3-5-11(6-10)13(15)20/h3-6,8H,7H2,1-2H3,(H2,15,20). The second-order valence-electron chi connectivity index (χ2n) is 4.49. The fourth-order valence-electron chi connectivity index (χ4n) is 1.85. The first-order valence-corrected chi connectivity index (χ1v) is 6.44. The number of thiocarbonyl (C=S) groups is 1. The minimum absolute atomic E-state index is 0.208. The minimum Gasteiger partial charge on any atom is -0.438 e. The second-order valence-corrected chi connectivity index (χ2v) is 4.93. The summed E-state index contributed by atoms with van der Waals surface area (Å²) < 4.78 is 5.10. The van der Waals surface area contributed by atoms with Gasteiger partial charge in [0.2, 0.25) is 5.76 Å². The van der Waals surface area contributed by atoms with Gasteiger partial charge in [-0.05, 0) is 18.6 Å². The first-order valence-electron chi connectivity index (χ1n) is 6.03. The first-order chi connectivity index (χ1) is 9.49. The molecule has 2 aromatic rings. The predicted molar refractivity (Wildman–Crippen MR) is 79.4 cm³/mol. The molecular formula is C14H15N3O2S. The van der Waals surface area contributed by atoms with Gasteiger partial charge in [-0.15, -0.1) is 0 Å². The van der Waals surface area contributed by atoms with Crippen LogP contribution in [0.1, 0.15) is 27.4 Å². The Labute approximate surface area is 122 Å². The molecule has 2 rings (SSSR count). The molecule has 1 aromatic carbocycles. The third-order valence-electron chi connectivity index (χ3n) is 2.92. The van der Waals surface area contributed by atoms with Gasteiger partial charge >= 0.3 is 0 Å². The molecule has 0 aliphatic heterocycles. The molecule has 5 nitrogen and oxygen atoms in total. The number of nitrogens with two attached hydrogens (primary N) is 1. The van der Waals surface area contributed by atoms with Crippen LogP contribution in [0, 0.1) is 6.92 Å². The van der Waals surface area contributed by atoms with E-state index in [4.69, 9.17) is 22.4 Å². The monoisotopic (exact) mass is 289 g/mol. The van der Waals surface area contributed by atoms with E-state index < -0.39 is 0 Å². The maximum atomic E-state index is 12.2. The Balaban J connectivity index is 2.14. The lowest BCUT2D eigenvalue weighted by molar-refractivity contribution is 0.0752. The average Bonchev–Trinajstić information content (AvgIpc) is 2.84. The maximum Gasteiger partial charge on any atom is 0.291 e. The van der Waals surface area contributed by atoms with Crippen molar-refractivity contribution in [2.75, 3.05) is 7.05 Å². The van der Waals surface area contributed by atoms with E-state index in [1.165, 1.54) is 6.39 Å². The number of hydrogen-bond acceptors (Lipinski definition) is 4. The lowest BCUT2D eigenvalue weighted by atomic mass is 10.1. The largest absolute Gasteiger partial charge is 0.438 e. The quantitative estimate of drug-likeness (QED) is 0.870. The van der Waals surface area contributed by atoms with Crippen molar-refractivity contribution in [2.24, 2.45) is 5.73 Å². The summed E-state index contributed by atoms with van der Waals surface area (Å²) >= 11 is 4.94. The van der Waals surface area contributed by atoms with Gasteiger partial charge in [-0.3, -0.25) is 4.79 Å². The zero-order valence-electron chi connectivity index (χ0n) is 11.3. The van der Waals surface area contributed by atoms with Crippen molar-refractivity contribution in [2.45, 2.75) is 13.5 Å². The molecule has 0 aliphatic carbocycles. The highest BCUT2D eigenvalue weighted by atomic mass is 32.1. The Morgan fingerprint density at radius 3 is 2.85 bits per heavy atom. The molecule has 0 radical (unpaired) electrons. The Morgan fingerprint density at radius 1 is 1.50 bits per heavy atom. The van der Waals surface area contributed by atoms with E-state index in [2.05, 4.69) is 4.98 Å². The Bertz CT molecular complexity index is 651. The number of rotatable bonds is 4. The molecule has 0 fully saturated rings. The molecule has 104 valence electrons. The molecule has 0 saturated heterocycles. The van der Waals surface area contributed by atoms with Gasteiger partial charge in [-0.2, -0.15) is 0 Å². The van der Waals surface area contributed by atoms with Crippen molar-refractivity contribution in [1.29, 1.82) is 0 Å². The van der Waals surface area contributed by atoms with Crippen molar-refractivity contribution in [3.63, 3.8) is 0 Å². The third kappa shape index (κ3) is 3.03.